The van der Waals surface area contributed by atoms with Crippen LogP contribution in [0.3, 0.4) is 0 Å². The van der Waals surface area contributed by atoms with Gasteiger partial charge in [-0.3, -0.25) is 19.2 Å². The van der Waals surface area contributed by atoms with Crippen molar-refractivity contribution in [3.63, 3.8) is 0 Å². The van der Waals surface area contributed by atoms with Crippen LogP contribution in [0.15, 0.2) is 0 Å². The highest BCUT2D eigenvalue weighted by atomic mass is 16.7. The Hall–Kier alpha value is -2.16. The summed E-state index contributed by atoms with van der Waals surface area (Å²) >= 11 is 0. The third-order valence-corrected chi connectivity index (χ3v) is 3.38. The fourth-order valence-electron chi connectivity index (χ4n) is 2.60. The Kier molecular flexibility index (Phi) is 7.35. The van der Waals surface area contributed by atoms with E-state index in [1.165, 1.54) is 6.92 Å². The molecule has 142 valence electrons. The molecule has 1 aliphatic rings. The molecule has 1 heterocycles. The first-order chi connectivity index (χ1) is 11.5. The van der Waals surface area contributed by atoms with Crippen molar-refractivity contribution >= 4 is 23.9 Å². The highest BCUT2D eigenvalue weighted by Gasteiger charge is 2.53. The molecule has 5 atom stereocenters. The van der Waals surface area contributed by atoms with E-state index >= 15 is 0 Å². The van der Waals surface area contributed by atoms with Crippen molar-refractivity contribution < 1.29 is 42.9 Å². The van der Waals surface area contributed by atoms with Crippen molar-refractivity contribution in [3.8, 4) is 0 Å². The second kappa shape index (κ2) is 8.80. The summed E-state index contributed by atoms with van der Waals surface area (Å²) in [6.45, 7) is 8.26. The first-order valence-corrected chi connectivity index (χ1v) is 7.87. The van der Waals surface area contributed by atoms with E-state index in [4.69, 9.17) is 23.7 Å². The van der Waals surface area contributed by atoms with Crippen molar-refractivity contribution in [3.05, 3.63) is 0 Å². The summed E-state index contributed by atoms with van der Waals surface area (Å²) in [5.74, 6) is -2.85. The average molecular weight is 360 g/mol. The van der Waals surface area contributed by atoms with Crippen LogP contribution < -0.4 is 0 Å². The van der Waals surface area contributed by atoms with Crippen molar-refractivity contribution in [1.82, 2.24) is 0 Å². The van der Waals surface area contributed by atoms with Gasteiger partial charge in [0.15, 0.2) is 12.2 Å². The topological polar surface area (TPSA) is 114 Å². The molecule has 0 amide bonds. The minimum absolute atomic E-state index is 0.182. The molecular formula is C16H24O9. The Morgan fingerprint density at radius 2 is 1.08 bits per heavy atom. The molecule has 1 unspecified atom stereocenters. The van der Waals surface area contributed by atoms with E-state index < -0.39 is 54.6 Å². The molecule has 0 bridgehead atoms. The minimum atomic E-state index is -1.30. The van der Waals surface area contributed by atoms with Crippen molar-refractivity contribution in [2.45, 2.75) is 72.2 Å². The van der Waals surface area contributed by atoms with Gasteiger partial charge in [0.25, 0.3) is 0 Å². The van der Waals surface area contributed by atoms with Crippen LogP contribution in [0, 0.1) is 5.92 Å². The van der Waals surface area contributed by atoms with Crippen LogP contribution in [-0.4, -0.2) is 54.6 Å². The minimum Gasteiger partial charge on any atom is -0.456 e. The van der Waals surface area contributed by atoms with Gasteiger partial charge >= 0.3 is 23.9 Å². The number of carbonyl (C=O) groups is 4. The quantitative estimate of drug-likeness (QED) is 0.517. The summed E-state index contributed by atoms with van der Waals surface area (Å²) in [5, 5.41) is 0. The molecule has 0 spiro atoms. The number of ether oxygens (including phenoxy) is 5. The van der Waals surface area contributed by atoms with E-state index in [1.807, 2.05) is 0 Å². The van der Waals surface area contributed by atoms with E-state index in [2.05, 4.69) is 0 Å². The fraction of sp³-hybridized carbons (Fsp3) is 0.750. The zero-order chi connectivity index (χ0) is 19.3. The number of rotatable bonds is 5. The third-order valence-electron chi connectivity index (χ3n) is 3.38. The maximum atomic E-state index is 11.5. The highest BCUT2D eigenvalue weighted by Crippen LogP contribution is 2.32. The molecule has 0 N–H and O–H groups in total. The number of hydrogen-bond acceptors (Lipinski definition) is 9. The Bertz CT molecular complexity index is 528. The van der Waals surface area contributed by atoms with Crippen LogP contribution >= 0.6 is 0 Å². The maximum Gasteiger partial charge on any atom is 0.305 e. The molecule has 1 fully saturated rings. The van der Waals surface area contributed by atoms with Crippen LogP contribution in [0.4, 0.5) is 0 Å². The monoisotopic (exact) mass is 360 g/mol. The molecule has 0 radical (unpaired) electrons. The molecule has 9 heteroatoms. The summed E-state index contributed by atoms with van der Waals surface area (Å²) < 4.78 is 26.5. The summed E-state index contributed by atoms with van der Waals surface area (Å²) in [4.78, 5) is 45.8. The SMILES string of the molecule is CC(=O)OC1O[C@@H](C(C)C)[C@@H](OC(C)=O)[C@@H](OC(C)=O)[C@H]1OC(C)=O. The molecule has 1 rings (SSSR count). The van der Waals surface area contributed by atoms with E-state index in [-0.39, 0.29) is 5.92 Å². The van der Waals surface area contributed by atoms with Crippen LogP contribution in [0.25, 0.3) is 0 Å². The van der Waals surface area contributed by atoms with Crippen molar-refractivity contribution in [2.75, 3.05) is 0 Å². The molecule has 1 saturated heterocycles. The molecule has 0 aromatic heterocycles. The van der Waals surface area contributed by atoms with Gasteiger partial charge in [0.1, 0.15) is 6.10 Å². The van der Waals surface area contributed by atoms with Gasteiger partial charge in [-0.1, -0.05) is 13.8 Å². The molecule has 0 aliphatic carbocycles. The van der Waals surface area contributed by atoms with Crippen LogP contribution in [0.2, 0.25) is 0 Å². The molecule has 1 aliphatic heterocycles. The molecule has 25 heavy (non-hydrogen) atoms. The number of esters is 4. The maximum absolute atomic E-state index is 11.5. The van der Waals surface area contributed by atoms with Crippen molar-refractivity contribution in [2.24, 2.45) is 5.92 Å². The lowest BCUT2D eigenvalue weighted by molar-refractivity contribution is -0.301. The molecule has 0 aromatic carbocycles. The normalized spacial score (nSPS) is 28.8. The van der Waals surface area contributed by atoms with Crippen LogP contribution in [0.1, 0.15) is 41.5 Å². The lowest BCUT2D eigenvalue weighted by Crippen LogP contribution is -2.63. The Balaban J connectivity index is 3.31. The second-order valence-corrected chi connectivity index (χ2v) is 6.04. The molecule has 0 aromatic rings. The largest absolute Gasteiger partial charge is 0.456 e. The molecular weight excluding hydrogens is 336 g/mol. The second-order valence-electron chi connectivity index (χ2n) is 6.04. The van der Waals surface area contributed by atoms with Crippen LogP contribution in [-0.2, 0) is 42.9 Å². The average Bonchev–Trinajstić information content (AvgIpc) is 2.42. The van der Waals surface area contributed by atoms with E-state index in [0.717, 1.165) is 20.8 Å². The lowest BCUT2D eigenvalue weighted by atomic mass is 9.91. The first-order valence-electron chi connectivity index (χ1n) is 7.87. The van der Waals surface area contributed by atoms with Gasteiger partial charge < -0.3 is 23.7 Å². The molecule has 9 nitrogen and oxygen atoms in total. The number of hydrogen-bond donors (Lipinski definition) is 0. The van der Waals surface area contributed by atoms with Gasteiger partial charge in [0.2, 0.25) is 12.4 Å². The Labute approximate surface area is 145 Å². The van der Waals surface area contributed by atoms with Gasteiger partial charge in [-0.25, -0.2) is 0 Å². The summed E-state index contributed by atoms with van der Waals surface area (Å²) in [6.07, 6.45) is -5.53. The fourth-order valence-corrected chi connectivity index (χ4v) is 2.60. The smallest absolute Gasteiger partial charge is 0.305 e. The predicted molar refractivity (Wildman–Crippen MR) is 81.9 cm³/mol. The highest BCUT2D eigenvalue weighted by molar-refractivity contribution is 5.69. The first kappa shape index (κ1) is 20.9. The Morgan fingerprint density at radius 1 is 0.680 bits per heavy atom. The standard InChI is InChI=1S/C16H24O9/c1-7(2)12-13(21-8(3)17)14(22-9(4)18)15(23-10(5)19)16(25-12)24-11(6)20/h7,12-16H,1-6H3/t12-,13+,14+,15+,16?/m0/s1. The zero-order valence-electron chi connectivity index (χ0n) is 15.1. The molecule has 0 saturated carbocycles. The number of carbonyl (C=O) groups excluding carboxylic acids is 4. The van der Waals surface area contributed by atoms with Gasteiger partial charge in [-0.05, 0) is 5.92 Å². The van der Waals surface area contributed by atoms with Gasteiger partial charge in [0, 0.05) is 27.7 Å². The summed E-state index contributed by atoms with van der Waals surface area (Å²) in [7, 11) is 0. The lowest BCUT2D eigenvalue weighted by Gasteiger charge is -2.45. The predicted octanol–water partition coefficient (Wildman–Crippen LogP) is 0.725. The van der Waals surface area contributed by atoms with E-state index in [9.17, 15) is 19.2 Å². The Morgan fingerprint density at radius 3 is 1.48 bits per heavy atom. The van der Waals surface area contributed by atoms with Gasteiger partial charge in [0.05, 0.1) is 0 Å². The van der Waals surface area contributed by atoms with Crippen molar-refractivity contribution in [1.29, 1.82) is 0 Å². The summed E-state index contributed by atoms with van der Waals surface area (Å²) in [6, 6.07) is 0. The van der Waals surface area contributed by atoms with E-state index in [0.29, 0.717) is 0 Å². The third kappa shape index (κ3) is 6.00. The van der Waals surface area contributed by atoms with Gasteiger partial charge in [-0.15, -0.1) is 0 Å². The zero-order valence-corrected chi connectivity index (χ0v) is 15.1. The summed E-state index contributed by atoms with van der Waals surface area (Å²) in [5.41, 5.74) is 0. The van der Waals surface area contributed by atoms with Crippen LogP contribution in [0.5, 0.6) is 0 Å². The van der Waals surface area contributed by atoms with E-state index in [1.54, 1.807) is 13.8 Å². The van der Waals surface area contributed by atoms with Gasteiger partial charge in [-0.2, -0.15) is 0 Å².